The Hall–Kier alpha value is -4.07. The van der Waals surface area contributed by atoms with E-state index in [4.69, 9.17) is 18.9 Å². The van der Waals surface area contributed by atoms with Gasteiger partial charge in [-0.1, -0.05) is 38.7 Å². The van der Waals surface area contributed by atoms with Crippen molar-refractivity contribution in [3.8, 4) is 28.4 Å². The molecule has 1 aliphatic rings. The van der Waals surface area contributed by atoms with Gasteiger partial charge in [-0.15, -0.1) is 0 Å². The van der Waals surface area contributed by atoms with Crippen LogP contribution in [0.1, 0.15) is 20.8 Å². The minimum atomic E-state index is -1.35. The van der Waals surface area contributed by atoms with Gasteiger partial charge in [0.2, 0.25) is 0 Å². The van der Waals surface area contributed by atoms with Crippen LogP contribution in [0.3, 0.4) is 0 Å². The van der Waals surface area contributed by atoms with Crippen LogP contribution in [0.2, 0.25) is 25.7 Å². The van der Waals surface area contributed by atoms with Gasteiger partial charge in [0.05, 0.1) is 24.7 Å². The van der Waals surface area contributed by atoms with Crippen molar-refractivity contribution in [3.05, 3.63) is 66.2 Å². The number of anilines is 1. The molecule has 1 saturated heterocycles. The predicted octanol–water partition coefficient (Wildman–Crippen LogP) is 8.17. The monoisotopic (exact) mass is 670 g/mol. The largest absolute Gasteiger partial charge is 0.488 e. The van der Waals surface area contributed by atoms with Crippen LogP contribution in [-0.4, -0.2) is 56.1 Å². The molecule has 0 spiro atoms. The molecule has 0 radical (unpaired) electrons. The van der Waals surface area contributed by atoms with Crippen molar-refractivity contribution in [2.24, 2.45) is 5.41 Å². The molecule has 9 nitrogen and oxygen atoms in total. The number of rotatable bonds is 13. The van der Waals surface area contributed by atoms with Gasteiger partial charge in [0.15, 0.2) is 29.0 Å². The highest BCUT2D eigenvalue weighted by molar-refractivity contribution is 6.76. The summed E-state index contributed by atoms with van der Waals surface area (Å²) in [5.41, 5.74) is 0.684. The Bertz CT molecular complexity index is 1730. The standard InChI is InChI=1S/C34H41F3N4O5Si/c1-21(2)45-28-9-7-8-23(30(28)37)24-16-41(20-43-12-13-47(4,5)6)32-29(24)27(10-11-38-32)46-31-25(35)14-22(15-26(31)36)40-33(42)39-17-34(3)18-44-19-34/h7-11,14-16,21H,12-13,17-20H2,1-6H3,(H2,39,40,42). The number of halogens is 3. The van der Waals surface area contributed by atoms with Crippen LogP contribution in [0.25, 0.3) is 22.2 Å². The second-order valence-corrected chi connectivity index (χ2v) is 19.3. The first-order valence-corrected chi connectivity index (χ1v) is 19.2. The molecule has 0 aliphatic carbocycles. The molecule has 1 aliphatic heterocycles. The first-order chi connectivity index (χ1) is 22.2. The number of hydrogen-bond donors (Lipinski definition) is 2. The summed E-state index contributed by atoms with van der Waals surface area (Å²) in [7, 11) is -1.35. The van der Waals surface area contributed by atoms with Gasteiger partial charge in [-0.3, -0.25) is 0 Å². The molecule has 0 saturated carbocycles. The van der Waals surface area contributed by atoms with E-state index in [1.807, 2.05) is 6.92 Å². The van der Waals surface area contributed by atoms with E-state index in [0.717, 1.165) is 18.2 Å². The molecule has 3 heterocycles. The van der Waals surface area contributed by atoms with Crippen LogP contribution in [0, 0.1) is 22.9 Å². The van der Waals surface area contributed by atoms with Crippen molar-refractivity contribution in [1.29, 1.82) is 0 Å². The molecule has 47 heavy (non-hydrogen) atoms. The zero-order chi connectivity index (χ0) is 33.9. The lowest BCUT2D eigenvalue weighted by Gasteiger charge is -2.37. The second kappa shape index (κ2) is 14.0. The van der Waals surface area contributed by atoms with Crippen LogP contribution in [0.5, 0.6) is 17.2 Å². The fourth-order valence-electron chi connectivity index (χ4n) is 5.04. The summed E-state index contributed by atoms with van der Waals surface area (Å²) in [6.07, 6.45) is 2.86. The van der Waals surface area contributed by atoms with E-state index < -0.39 is 37.3 Å². The minimum Gasteiger partial charge on any atom is -0.488 e. The van der Waals surface area contributed by atoms with Gasteiger partial charge in [0, 0.05) is 68.0 Å². The quantitative estimate of drug-likeness (QED) is 0.110. The van der Waals surface area contributed by atoms with Gasteiger partial charge in [-0.05, 0) is 32.0 Å². The van der Waals surface area contributed by atoms with E-state index in [1.165, 1.54) is 18.3 Å². The molecule has 0 atom stereocenters. The van der Waals surface area contributed by atoms with Gasteiger partial charge in [-0.2, -0.15) is 0 Å². The van der Waals surface area contributed by atoms with Gasteiger partial charge in [0.1, 0.15) is 18.1 Å². The topological polar surface area (TPSA) is 95.9 Å². The van der Waals surface area contributed by atoms with Gasteiger partial charge in [-0.25, -0.2) is 22.9 Å². The summed E-state index contributed by atoms with van der Waals surface area (Å²) in [6.45, 7) is 14.4. The molecule has 2 aromatic carbocycles. The predicted molar refractivity (Wildman–Crippen MR) is 177 cm³/mol. The zero-order valence-electron chi connectivity index (χ0n) is 27.5. The fraction of sp³-hybridized carbons (Fsp3) is 0.412. The van der Waals surface area contributed by atoms with E-state index in [2.05, 4.69) is 35.3 Å². The maximum Gasteiger partial charge on any atom is 0.319 e. The number of hydrogen-bond acceptors (Lipinski definition) is 6. The Morgan fingerprint density at radius 2 is 1.81 bits per heavy atom. The third-order valence-corrected chi connectivity index (χ3v) is 9.31. The SMILES string of the molecule is CC(C)Oc1cccc(-c2cn(COCC[Si](C)(C)C)c3nccc(Oc4c(F)cc(NC(=O)NCC5(C)COC5)cc4F)c23)c1F. The van der Waals surface area contributed by atoms with Crippen LogP contribution >= 0.6 is 0 Å². The summed E-state index contributed by atoms with van der Waals surface area (Å²) in [4.78, 5) is 16.9. The van der Waals surface area contributed by atoms with Crippen LogP contribution < -0.4 is 20.1 Å². The molecule has 4 aromatic rings. The zero-order valence-corrected chi connectivity index (χ0v) is 28.5. The molecule has 0 bridgehead atoms. The Morgan fingerprint density at radius 3 is 2.45 bits per heavy atom. The lowest BCUT2D eigenvalue weighted by atomic mass is 9.89. The summed E-state index contributed by atoms with van der Waals surface area (Å²) >= 11 is 0. The third kappa shape index (κ3) is 8.27. The fourth-order valence-corrected chi connectivity index (χ4v) is 5.80. The number of carbonyl (C=O) groups excluding carboxylic acids is 1. The number of amides is 2. The number of nitrogens with one attached hydrogen (secondary N) is 2. The van der Waals surface area contributed by atoms with Gasteiger partial charge < -0.3 is 34.1 Å². The normalized spacial score (nSPS) is 14.3. The number of pyridine rings is 1. The number of urea groups is 1. The van der Waals surface area contributed by atoms with Crippen molar-refractivity contribution >= 4 is 30.8 Å². The van der Waals surface area contributed by atoms with Gasteiger partial charge in [0.25, 0.3) is 0 Å². The molecule has 0 unspecified atom stereocenters. The van der Waals surface area contributed by atoms with E-state index in [1.54, 1.807) is 36.7 Å². The highest BCUT2D eigenvalue weighted by Gasteiger charge is 2.33. The Labute approximate surface area is 273 Å². The summed E-state index contributed by atoms with van der Waals surface area (Å²) < 4.78 is 71.1. The maximum absolute atomic E-state index is 15.9. The van der Waals surface area contributed by atoms with Crippen LogP contribution in [0.4, 0.5) is 23.7 Å². The number of ether oxygens (including phenoxy) is 4. The number of carbonyl (C=O) groups is 1. The molecular weight excluding hydrogens is 629 g/mol. The summed E-state index contributed by atoms with van der Waals surface area (Å²) in [5, 5.41) is 5.47. The average molecular weight is 671 g/mol. The number of benzene rings is 2. The lowest BCUT2D eigenvalue weighted by Crippen LogP contribution is -2.49. The number of nitrogens with zero attached hydrogens (tertiary/aromatic N) is 2. The molecular formula is C34H41F3N4O5Si. The maximum atomic E-state index is 15.9. The summed E-state index contributed by atoms with van der Waals surface area (Å²) in [5.74, 6) is -3.26. The Balaban J connectivity index is 1.47. The highest BCUT2D eigenvalue weighted by atomic mass is 28.3. The smallest absolute Gasteiger partial charge is 0.319 e. The third-order valence-electron chi connectivity index (χ3n) is 7.61. The van der Waals surface area contributed by atoms with Crippen molar-refractivity contribution in [3.63, 3.8) is 0 Å². The molecule has 252 valence electrons. The number of fused-ring (bicyclic) bond motifs is 1. The molecule has 1 fully saturated rings. The van der Waals surface area contributed by atoms with Crippen molar-refractivity contribution in [1.82, 2.24) is 14.9 Å². The van der Waals surface area contributed by atoms with E-state index in [-0.39, 0.29) is 41.0 Å². The first-order valence-electron chi connectivity index (χ1n) is 15.5. The molecule has 5 rings (SSSR count). The lowest BCUT2D eigenvalue weighted by molar-refractivity contribution is -0.0974. The van der Waals surface area contributed by atoms with Crippen molar-refractivity contribution in [2.75, 3.05) is 31.7 Å². The highest BCUT2D eigenvalue weighted by Crippen LogP contribution is 2.42. The average Bonchev–Trinajstić information content (AvgIpc) is 3.34. The van der Waals surface area contributed by atoms with Crippen LogP contribution in [-0.2, 0) is 16.2 Å². The van der Waals surface area contributed by atoms with E-state index in [9.17, 15) is 4.79 Å². The second-order valence-electron chi connectivity index (χ2n) is 13.6. The molecule has 2 amide bonds. The Morgan fingerprint density at radius 1 is 1.09 bits per heavy atom. The summed E-state index contributed by atoms with van der Waals surface area (Å²) in [6, 6.07) is 8.53. The molecule has 13 heteroatoms. The van der Waals surface area contributed by atoms with Gasteiger partial charge >= 0.3 is 6.03 Å². The van der Waals surface area contributed by atoms with Crippen molar-refractivity contribution < 1.29 is 36.9 Å². The van der Waals surface area contributed by atoms with E-state index >= 15 is 13.2 Å². The molecule has 2 N–H and O–H groups in total. The first kappa shape index (κ1) is 34.3. The minimum absolute atomic E-state index is 0.0487. The van der Waals surface area contributed by atoms with Crippen LogP contribution in [0.15, 0.2) is 48.8 Å². The molecule has 2 aromatic heterocycles. The van der Waals surface area contributed by atoms with E-state index in [0.29, 0.717) is 43.0 Å². The Kier molecular flexibility index (Phi) is 10.2. The van der Waals surface area contributed by atoms with Crippen molar-refractivity contribution in [2.45, 2.75) is 59.3 Å². The number of aromatic nitrogens is 2.